The Bertz CT molecular complexity index is 133. The summed E-state index contributed by atoms with van der Waals surface area (Å²) in [5, 5.41) is 0. The Hall–Kier alpha value is -0.0800. The monoisotopic (exact) mass is 181 g/mol. The first-order valence-electron chi connectivity index (χ1n) is 5.89. The Balaban J connectivity index is 1.80. The molecule has 0 aromatic rings. The van der Waals surface area contributed by atoms with E-state index in [-0.39, 0.29) is 0 Å². The molecule has 0 bridgehead atoms. The van der Waals surface area contributed by atoms with Crippen LogP contribution in [0.15, 0.2) is 0 Å². The lowest BCUT2D eigenvalue weighted by atomic mass is 9.85. The molecule has 1 unspecified atom stereocenters. The van der Waals surface area contributed by atoms with Crippen molar-refractivity contribution in [2.45, 2.75) is 57.4 Å². The average Bonchev–Trinajstić information content (AvgIpc) is 2.55. The standard InChI is InChI=1S/C11H21N2/c1-2-4-6-10(7-5-3-1)11-8-9-12-13-11/h10-11,13H,1-9H2. The molecule has 2 heteroatoms. The maximum absolute atomic E-state index is 4.24. The third-order valence-corrected chi connectivity index (χ3v) is 3.53. The van der Waals surface area contributed by atoms with Gasteiger partial charge in [-0.3, -0.25) is 0 Å². The zero-order valence-electron chi connectivity index (χ0n) is 8.47. The molecule has 0 spiro atoms. The normalized spacial score (nSPS) is 32.8. The smallest absolute Gasteiger partial charge is 0.0319 e. The van der Waals surface area contributed by atoms with Gasteiger partial charge in [-0.25, -0.2) is 5.43 Å². The van der Waals surface area contributed by atoms with E-state index in [1.807, 2.05) is 0 Å². The maximum atomic E-state index is 4.24. The van der Waals surface area contributed by atoms with Crippen LogP contribution < -0.4 is 10.9 Å². The fourth-order valence-corrected chi connectivity index (χ4v) is 2.68. The van der Waals surface area contributed by atoms with Crippen LogP contribution in [0.1, 0.15) is 51.4 Å². The van der Waals surface area contributed by atoms with Crippen LogP contribution in [0.4, 0.5) is 0 Å². The molecule has 13 heavy (non-hydrogen) atoms. The van der Waals surface area contributed by atoms with E-state index in [2.05, 4.69) is 10.9 Å². The molecule has 2 aliphatic rings. The van der Waals surface area contributed by atoms with Gasteiger partial charge in [-0.05, 0) is 25.2 Å². The highest BCUT2D eigenvalue weighted by Gasteiger charge is 2.24. The molecule has 0 aromatic carbocycles. The number of nitrogens with one attached hydrogen (secondary N) is 1. The second-order valence-electron chi connectivity index (χ2n) is 4.51. The maximum Gasteiger partial charge on any atom is 0.0319 e. The molecular formula is C11H21N2. The first kappa shape index (κ1) is 9.47. The van der Waals surface area contributed by atoms with Crippen molar-refractivity contribution in [2.24, 2.45) is 5.92 Å². The Kier molecular flexibility index (Phi) is 3.62. The molecule has 2 fully saturated rings. The van der Waals surface area contributed by atoms with Gasteiger partial charge in [0.25, 0.3) is 0 Å². The second-order valence-corrected chi connectivity index (χ2v) is 4.51. The third-order valence-electron chi connectivity index (χ3n) is 3.53. The predicted molar refractivity (Wildman–Crippen MR) is 54.4 cm³/mol. The van der Waals surface area contributed by atoms with Crippen molar-refractivity contribution >= 4 is 0 Å². The van der Waals surface area contributed by atoms with Gasteiger partial charge in [0.2, 0.25) is 0 Å². The summed E-state index contributed by atoms with van der Waals surface area (Å²) in [6.45, 7) is 1.04. The average molecular weight is 181 g/mol. The summed E-state index contributed by atoms with van der Waals surface area (Å²) in [6.07, 6.45) is 11.4. The van der Waals surface area contributed by atoms with Crippen molar-refractivity contribution in [3.8, 4) is 0 Å². The predicted octanol–water partition coefficient (Wildman–Crippen LogP) is 2.23. The van der Waals surface area contributed by atoms with Gasteiger partial charge in [0.15, 0.2) is 0 Å². The molecule has 1 aliphatic heterocycles. The Morgan fingerprint density at radius 3 is 2.15 bits per heavy atom. The number of nitrogens with zero attached hydrogens (tertiary/aromatic N) is 1. The zero-order chi connectivity index (χ0) is 8.93. The fraction of sp³-hybridized carbons (Fsp3) is 1.00. The lowest BCUT2D eigenvalue weighted by Crippen LogP contribution is -2.32. The van der Waals surface area contributed by atoms with Gasteiger partial charge in [-0.15, -0.1) is 0 Å². The van der Waals surface area contributed by atoms with Crippen LogP contribution in [-0.2, 0) is 0 Å². The SMILES string of the molecule is C1CCCC(C2CC[N]N2)CCC1. The minimum Gasteiger partial charge on any atom is -0.237 e. The Morgan fingerprint density at radius 2 is 1.54 bits per heavy atom. The van der Waals surface area contributed by atoms with Crippen LogP contribution in [0.25, 0.3) is 0 Å². The molecule has 75 valence electrons. The first-order chi connectivity index (χ1) is 6.47. The third kappa shape index (κ3) is 2.68. The van der Waals surface area contributed by atoms with Gasteiger partial charge in [-0.2, -0.15) is 5.43 Å². The highest BCUT2D eigenvalue weighted by Crippen LogP contribution is 2.26. The highest BCUT2D eigenvalue weighted by atomic mass is 15.4. The lowest BCUT2D eigenvalue weighted by Gasteiger charge is -2.24. The van der Waals surface area contributed by atoms with Gasteiger partial charge >= 0.3 is 0 Å². The topological polar surface area (TPSA) is 26.1 Å². The highest BCUT2D eigenvalue weighted by molar-refractivity contribution is 4.80. The fourth-order valence-electron chi connectivity index (χ4n) is 2.68. The molecule has 0 amide bonds. The van der Waals surface area contributed by atoms with Crippen molar-refractivity contribution in [1.29, 1.82) is 0 Å². The molecule has 2 nitrogen and oxygen atoms in total. The van der Waals surface area contributed by atoms with E-state index in [9.17, 15) is 0 Å². The largest absolute Gasteiger partial charge is 0.237 e. The van der Waals surface area contributed by atoms with E-state index in [0.29, 0.717) is 0 Å². The van der Waals surface area contributed by atoms with E-state index < -0.39 is 0 Å². The molecule has 1 saturated carbocycles. The van der Waals surface area contributed by atoms with Crippen molar-refractivity contribution < 1.29 is 0 Å². The quantitative estimate of drug-likeness (QED) is 0.659. The van der Waals surface area contributed by atoms with Crippen LogP contribution in [0.5, 0.6) is 0 Å². The van der Waals surface area contributed by atoms with Crippen molar-refractivity contribution in [1.82, 2.24) is 10.9 Å². The molecule has 1 saturated heterocycles. The minimum atomic E-state index is 0.720. The van der Waals surface area contributed by atoms with E-state index in [0.717, 1.165) is 18.5 Å². The van der Waals surface area contributed by atoms with Crippen molar-refractivity contribution in [2.75, 3.05) is 6.54 Å². The lowest BCUT2D eigenvalue weighted by molar-refractivity contribution is 0.297. The summed E-state index contributed by atoms with van der Waals surface area (Å²) in [5.41, 5.74) is 7.54. The van der Waals surface area contributed by atoms with Crippen LogP contribution >= 0.6 is 0 Å². The summed E-state index contributed by atoms with van der Waals surface area (Å²) in [4.78, 5) is 0. The summed E-state index contributed by atoms with van der Waals surface area (Å²) in [6, 6.07) is 0.720. The molecule has 1 atom stereocenters. The molecule has 2 rings (SSSR count). The van der Waals surface area contributed by atoms with E-state index in [4.69, 9.17) is 0 Å². The van der Waals surface area contributed by atoms with Gasteiger partial charge in [0, 0.05) is 12.6 Å². The van der Waals surface area contributed by atoms with Crippen molar-refractivity contribution in [3.63, 3.8) is 0 Å². The number of hydrogen-bond donors (Lipinski definition) is 1. The van der Waals surface area contributed by atoms with Gasteiger partial charge < -0.3 is 0 Å². The van der Waals surface area contributed by atoms with Gasteiger partial charge in [0.1, 0.15) is 0 Å². The molecule has 0 aromatic heterocycles. The van der Waals surface area contributed by atoms with Crippen molar-refractivity contribution in [3.05, 3.63) is 0 Å². The van der Waals surface area contributed by atoms with Crippen LogP contribution in [-0.4, -0.2) is 12.6 Å². The first-order valence-corrected chi connectivity index (χ1v) is 5.89. The molecule has 1 N–H and O–H groups in total. The summed E-state index contributed by atoms with van der Waals surface area (Å²) >= 11 is 0. The molecular weight excluding hydrogens is 160 g/mol. The molecule has 1 radical (unpaired) electrons. The van der Waals surface area contributed by atoms with Crippen LogP contribution in [0, 0.1) is 5.92 Å². The zero-order valence-corrected chi connectivity index (χ0v) is 8.47. The van der Waals surface area contributed by atoms with E-state index in [1.54, 1.807) is 0 Å². The number of hydrogen-bond acceptors (Lipinski definition) is 1. The molecule has 1 heterocycles. The van der Waals surface area contributed by atoms with E-state index in [1.165, 1.54) is 51.4 Å². The Labute approximate surface area is 81.4 Å². The summed E-state index contributed by atoms with van der Waals surface area (Å²) in [5.74, 6) is 0.923. The van der Waals surface area contributed by atoms with Crippen LogP contribution in [0.3, 0.4) is 0 Å². The number of rotatable bonds is 1. The molecule has 1 aliphatic carbocycles. The second kappa shape index (κ2) is 4.97. The Morgan fingerprint density at radius 1 is 0.846 bits per heavy atom. The summed E-state index contributed by atoms with van der Waals surface area (Å²) in [7, 11) is 0. The van der Waals surface area contributed by atoms with Crippen LogP contribution in [0.2, 0.25) is 0 Å². The minimum absolute atomic E-state index is 0.720. The summed E-state index contributed by atoms with van der Waals surface area (Å²) < 4.78 is 0. The van der Waals surface area contributed by atoms with Gasteiger partial charge in [-0.1, -0.05) is 32.1 Å². The van der Waals surface area contributed by atoms with E-state index >= 15 is 0 Å². The van der Waals surface area contributed by atoms with Gasteiger partial charge in [0.05, 0.1) is 0 Å².